The summed E-state index contributed by atoms with van der Waals surface area (Å²) >= 11 is 0. The molecule has 2 aromatic carbocycles. The maximum atomic E-state index is 11.7. The van der Waals surface area contributed by atoms with Crippen molar-refractivity contribution in [2.75, 3.05) is 33.2 Å². The molecule has 0 bridgehead atoms. The molecule has 1 aliphatic rings. The molecule has 0 amide bonds. The second-order valence-electron chi connectivity index (χ2n) is 9.24. The lowest BCUT2D eigenvalue weighted by atomic mass is 10.0. The number of likely N-dealkylation sites (N-methyl/N-ethyl adjacent to an activating group) is 1. The molecule has 184 valence electrons. The number of benzene rings is 2. The number of carboxylic acids is 1. The Morgan fingerprint density at radius 2 is 1.64 bits per heavy atom. The second-order valence-corrected chi connectivity index (χ2v) is 9.24. The largest absolute Gasteiger partial charge is 0.494 e. The zero-order chi connectivity index (χ0) is 25.2. The van der Waals surface area contributed by atoms with Gasteiger partial charge < -0.3 is 19.7 Å². The van der Waals surface area contributed by atoms with E-state index in [2.05, 4.69) is 34.0 Å². The molecule has 0 spiro atoms. The van der Waals surface area contributed by atoms with E-state index in [9.17, 15) is 15.0 Å². The Kier molecular flexibility index (Phi) is 6.54. The van der Waals surface area contributed by atoms with Gasteiger partial charge in [0.2, 0.25) is 5.88 Å². The molecule has 8 heteroatoms. The fourth-order valence-electron chi connectivity index (χ4n) is 4.64. The van der Waals surface area contributed by atoms with Crippen molar-refractivity contribution in [1.29, 1.82) is 0 Å². The van der Waals surface area contributed by atoms with Crippen molar-refractivity contribution in [3.63, 3.8) is 0 Å². The molecule has 8 nitrogen and oxygen atoms in total. The van der Waals surface area contributed by atoms with E-state index in [0.717, 1.165) is 49.5 Å². The van der Waals surface area contributed by atoms with Crippen LogP contribution >= 0.6 is 0 Å². The minimum Gasteiger partial charge on any atom is -0.494 e. The number of aliphatic imine (C=N–C) groups is 1. The highest BCUT2D eigenvalue weighted by Crippen LogP contribution is 2.34. The summed E-state index contributed by atoms with van der Waals surface area (Å²) in [5.41, 5.74) is 4.65. The minimum absolute atomic E-state index is 0.0230. The summed E-state index contributed by atoms with van der Waals surface area (Å²) in [6, 6.07) is 16.6. The van der Waals surface area contributed by atoms with E-state index in [4.69, 9.17) is 4.99 Å². The van der Waals surface area contributed by atoms with Crippen molar-refractivity contribution < 1.29 is 15.0 Å². The Hall–Kier alpha value is -4.01. The summed E-state index contributed by atoms with van der Waals surface area (Å²) in [6.07, 6.45) is 3.35. The molecule has 0 radical (unpaired) electrons. The first-order valence-corrected chi connectivity index (χ1v) is 11.9. The van der Waals surface area contributed by atoms with Crippen LogP contribution < -0.4 is 0 Å². The Bertz CT molecular complexity index is 1420. The van der Waals surface area contributed by atoms with Crippen LogP contribution in [0.2, 0.25) is 0 Å². The number of aromatic hydroxyl groups is 1. The highest BCUT2D eigenvalue weighted by molar-refractivity contribution is 6.22. The van der Waals surface area contributed by atoms with E-state index in [1.807, 2.05) is 24.3 Å². The van der Waals surface area contributed by atoms with Gasteiger partial charge in [-0.25, -0.2) is 9.79 Å². The van der Waals surface area contributed by atoms with Crippen molar-refractivity contribution in [2.24, 2.45) is 12.0 Å². The van der Waals surface area contributed by atoms with Crippen LogP contribution in [0.15, 0.2) is 72.0 Å². The number of fused-ring (bicyclic) bond motifs is 1. The third kappa shape index (κ3) is 4.73. The third-order valence-corrected chi connectivity index (χ3v) is 6.79. The first kappa shape index (κ1) is 23.7. The van der Waals surface area contributed by atoms with E-state index in [0.29, 0.717) is 16.7 Å². The molecule has 1 saturated heterocycles. The zero-order valence-corrected chi connectivity index (χ0v) is 20.4. The highest BCUT2D eigenvalue weighted by Gasteiger charge is 2.22. The normalized spacial score (nSPS) is 15.4. The predicted molar refractivity (Wildman–Crippen MR) is 140 cm³/mol. The molecule has 36 heavy (non-hydrogen) atoms. The van der Waals surface area contributed by atoms with Gasteiger partial charge in [-0.3, -0.25) is 9.88 Å². The summed E-state index contributed by atoms with van der Waals surface area (Å²) < 4.78 is 1.64. The Balaban J connectivity index is 1.56. The van der Waals surface area contributed by atoms with Gasteiger partial charge in [-0.2, -0.15) is 0 Å². The number of carbonyl (C=O) groups is 1. The number of piperazine rings is 1. The fraction of sp³-hybridized carbons (Fsp3) is 0.250. The molecule has 2 aromatic heterocycles. The molecule has 4 aromatic rings. The minimum atomic E-state index is -1.02. The van der Waals surface area contributed by atoms with Gasteiger partial charge in [0.15, 0.2) is 0 Å². The number of aryl methyl sites for hydroxylation is 1. The molecule has 1 fully saturated rings. The lowest BCUT2D eigenvalue weighted by molar-refractivity contribution is 0.0697. The molecule has 2 N–H and O–H groups in total. The van der Waals surface area contributed by atoms with E-state index < -0.39 is 5.97 Å². The number of hydrogen-bond acceptors (Lipinski definition) is 6. The Morgan fingerprint density at radius 3 is 2.31 bits per heavy atom. The average molecular weight is 484 g/mol. The van der Waals surface area contributed by atoms with E-state index in [1.165, 1.54) is 11.6 Å². The fourth-order valence-corrected chi connectivity index (χ4v) is 4.64. The van der Waals surface area contributed by atoms with E-state index in [1.54, 1.807) is 36.1 Å². The van der Waals surface area contributed by atoms with Crippen molar-refractivity contribution in [3.05, 3.63) is 89.2 Å². The number of rotatable bonds is 6. The van der Waals surface area contributed by atoms with Crippen LogP contribution in [0.5, 0.6) is 5.88 Å². The second kappa shape index (κ2) is 9.93. The molecule has 0 atom stereocenters. The quantitative estimate of drug-likeness (QED) is 0.404. The lowest BCUT2D eigenvalue weighted by Crippen LogP contribution is -2.43. The van der Waals surface area contributed by atoms with Gasteiger partial charge in [0.05, 0.1) is 28.0 Å². The van der Waals surface area contributed by atoms with E-state index in [-0.39, 0.29) is 11.4 Å². The monoisotopic (exact) mass is 483 g/mol. The smallest absolute Gasteiger partial charge is 0.335 e. The number of hydrogen-bond donors (Lipinski definition) is 2. The van der Waals surface area contributed by atoms with Crippen molar-refractivity contribution in [1.82, 2.24) is 19.4 Å². The maximum Gasteiger partial charge on any atom is 0.335 e. The van der Waals surface area contributed by atoms with Gasteiger partial charge in [0, 0.05) is 63.1 Å². The van der Waals surface area contributed by atoms with Crippen LogP contribution in [-0.2, 0) is 13.6 Å². The first-order chi connectivity index (χ1) is 17.4. The average Bonchev–Trinajstić information content (AvgIpc) is 3.14. The summed E-state index contributed by atoms with van der Waals surface area (Å²) in [7, 11) is 3.90. The van der Waals surface area contributed by atoms with Gasteiger partial charge >= 0.3 is 5.97 Å². The molecular weight excluding hydrogens is 454 g/mol. The number of aromatic carboxylic acids is 1. The number of nitrogens with zero attached hydrogens (tertiary/aromatic N) is 5. The maximum absolute atomic E-state index is 11.7. The molecule has 0 aliphatic carbocycles. The number of carboxylic acid groups (broad SMARTS) is 1. The van der Waals surface area contributed by atoms with Crippen LogP contribution in [0.25, 0.3) is 10.9 Å². The van der Waals surface area contributed by atoms with Gasteiger partial charge in [0.25, 0.3) is 0 Å². The topological polar surface area (TPSA) is 94.2 Å². The third-order valence-electron chi connectivity index (χ3n) is 6.79. The summed E-state index contributed by atoms with van der Waals surface area (Å²) in [4.78, 5) is 25.5. The molecular formula is C28H29N5O3. The van der Waals surface area contributed by atoms with Crippen molar-refractivity contribution >= 4 is 28.3 Å². The van der Waals surface area contributed by atoms with Crippen molar-refractivity contribution in [3.8, 4) is 5.88 Å². The molecule has 3 heterocycles. The number of aromatic nitrogens is 2. The Labute approximate surface area is 209 Å². The lowest BCUT2D eigenvalue weighted by Gasteiger charge is -2.32. The molecule has 5 rings (SSSR count). The molecule has 0 saturated carbocycles. The van der Waals surface area contributed by atoms with Crippen LogP contribution in [0, 0.1) is 0 Å². The first-order valence-electron chi connectivity index (χ1n) is 11.9. The Morgan fingerprint density at radius 1 is 0.944 bits per heavy atom. The van der Waals surface area contributed by atoms with Crippen LogP contribution in [-0.4, -0.2) is 74.5 Å². The van der Waals surface area contributed by atoms with Crippen LogP contribution in [0.1, 0.15) is 27.0 Å². The van der Waals surface area contributed by atoms with Crippen LogP contribution in [0.4, 0.5) is 5.69 Å². The SMILES string of the molecule is CN1CCN(Cc2ccc(N=C(c3ccncc3)c3c(O)n(C)c4ccc(C(=O)O)cc34)cc2)CC1. The summed E-state index contributed by atoms with van der Waals surface area (Å²) in [5.74, 6) is -1.00. The standard InChI is InChI=1S/C28H29N5O3/c1-31-13-15-33(16-14-31)18-19-3-6-22(7-4-19)30-26(20-9-11-29-12-10-20)25-23-17-21(28(35)36)5-8-24(23)32(2)27(25)34/h3-12,17,34H,13-16,18H2,1-2H3,(H,35,36). The van der Waals surface area contributed by atoms with Gasteiger partial charge in [0.1, 0.15) is 0 Å². The highest BCUT2D eigenvalue weighted by atomic mass is 16.4. The van der Waals surface area contributed by atoms with Crippen LogP contribution in [0.3, 0.4) is 0 Å². The van der Waals surface area contributed by atoms with Gasteiger partial charge in [-0.1, -0.05) is 12.1 Å². The zero-order valence-electron chi connectivity index (χ0n) is 20.4. The van der Waals surface area contributed by atoms with E-state index >= 15 is 0 Å². The number of pyridine rings is 1. The van der Waals surface area contributed by atoms with Gasteiger partial charge in [-0.05, 0) is 55.1 Å². The molecule has 1 aliphatic heterocycles. The summed E-state index contributed by atoms with van der Waals surface area (Å²) in [6.45, 7) is 5.17. The van der Waals surface area contributed by atoms with Crippen molar-refractivity contribution in [2.45, 2.75) is 6.54 Å². The molecule has 0 unspecified atom stereocenters. The predicted octanol–water partition coefficient (Wildman–Crippen LogP) is 3.89. The van der Waals surface area contributed by atoms with Gasteiger partial charge in [-0.15, -0.1) is 0 Å². The summed E-state index contributed by atoms with van der Waals surface area (Å²) in [5, 5.41) is 21.3.